The molecule has 0 aliphatic carbocycles. The summed E-state index contributed by atoms with van der Waals surface area (Å²) in [5.41, 5.74) is 0.989. The molecule has 1 amide bonds. The normalized spacial score (nSPS) is 9.00. The Bertz CT molecular complexity index is 382. The van der Waals surface area contributed by atoms with Crippen LogP contribution in [0.15, 0.2) is 22.7 Å². The average Bonchev–Trinajstić information content (AvgIpc) is 2.03. The molecule has 0 saturated heterocycles. The molecule has 0 saturated carbocycles. The summed E-state index contributed by atoms with van der Waals surface area (Å²) in [6, 6.07) is 7.09. The van der Waals surface area contributed by atoms with Gasteiger partial charge in [0.05, 0.1) is 11.3 Å². The lowest BCUT2D eigenvalue weighted by atomic mass is 10.2. The zero-order valence-electron chi connectivity index (χ0n) is 6.97. The lowest BCUT2D eigenvalue weighted by Crippen LogP contribution is -2.07. The fourth-order valence-corrected chi connectivity index (χ4v) is 1.27. The van der Waals surface area contributed by atoms with Gasteiger partial charge in [-0.2, -0.15) is 5.26 Å². The number of nitrogens with one attached hydrogen (secondary N) is 1. The van der Waals surface area contributed by atoms with Gasteiger partial charge >= 0.3 is 0 Å². The van der Waals surface area contributed by atoms with Crippen LogP contribution in [0.25, 0.3) is 0 Å². The molecule has 0 heterocycles. The predicted octanol–water partition coefficient (Wildman–Crippen LogP) is 2.28. The van der Waals surface area contributed by atoms with E-state index in [1.807, 2.05) is 6.07 Å². The molecule has 0 aromatic heterocycles. The van der Waals surface area contributed by atoms with Crippen molar-refractivity contribution in [3.63, 3.8) is 0 Å². The minimum Gasteiger partial charge on any atom is -0.325 e. The largest absolute Gasteiger partial charge is 0.325 e. The third kappa shape index (κ3) is 2.56. The summed E-state index contributed by atoms with van der Waals surface area (Å²) >= 11 is 3.25. The van der Waals surface area contributed by atoms with Crippen LogP contribution in [0.2, 0.25) is 0 Å². The van der Waals surface area contributed by atoms with E-state index >= 15 is 0 Å². The molecule has 0 aliphatic heterocycles. The fraction of sp³-hybridized carbons (Fsp3) is 0.111. The number of rotatable bonds is 1. The van der Waals surface area contributed by atoms with Gasteiger partial charge in [-0.3, -0.25) is 4.79 Å². The van der Waals surface area contributed by atoms with Gasteiger partial charge in [0, 0.05) is 11.4 Å². The molecule has 3 nitrogen and oxygen atoms in total. The molecule has 0 spiro atoms. The molecule has 0 aliphatic rings. The summed E-state index contributed by atoms with van der Waals surface area (Å²) in [7, 11) is 0. The Labute approximate surface area is 84.5 Å². The second-order valence-electron chi connectivity index (χ2n) is 2.48. The molecule has 66 valence electrons. The van der Waals surface area contributed by atoms with Gasteiger partial charge in [0.2, 0.25) is 5.91 Å². The third-order valence-corrected chi connectivity index (χ3v) is 1.91. The highest BCUT2D eigenvalue weighted by atomic mass is 79.9. The first-order valence-corrected chi connectivity index (χ1v) is 4.40. The van der Waals surface area contributed by atoms with Gasteiger partial charge in [0.25, 0.3) is 0 Å². The minimum atomic E-state index is -0.186. The third-order valence-electron chi connectivity index (χ3n) is 1.41. The Morgan fingerprint density at radius 3 is 2.85 bits per heavy atom. The lowest BCUT2D eigenvalue weighted by molar-refractivity contribution is -0.114. The van der Waals surface area contributed by atoms with Gasteiger partial charge in [-0.1, -0.05) is 15.9 Å². The molecule has 13 heavy (non-hydrogen) atoms. The monoisotopic (exact) mass is 238 g/mol. The zero-order chi connectivity index (χ0) is 9.84. The van der Waals surface area contributed by atoms with Crippen LogP contribution in [0, 0.1) is 11.3 Å². The van der Waals surface area contributed by atoms with Crippen molar-refractivity contribution in [1.82, 2.24) is 0 Å². The highest BCUT2D eigenvalue weighted by Crippen LogP contribution is 2.20. The van der Waals surface area contributed by atoms with Crippen LogP contribution in [0.5, 0.6) is 0 Å². The molecule has 0 unspecified atom stereocenters. The molecular formula is C9H7BrN2O. The van der Waals surface area contributed by atoms with Crippen LogP contribution in [-0.2, 0) is 4.79 Å². The van der Waals surface area contributed by atoms with E-state index in [0.29, 0.717) is 11.3 Å². The van der Waals surface area contributed by atoms with Crippen molar-refractivity contribution < 1.29 is 4.79 Å². The van der Waals surface area contributed by atoms with Gasteiger partial charge in [0.1, 0.15) is 6.07 Å². The highest BCUT2D eigenvalue weighted by Gasteiger charge is 2.03. The van der Waals surface area contributed by atoms with Crippen molar-refractivity contribution in [3.05, 3.63) is 28.2 Å². The van der Waals surface area contributed by atoms with Crippen molar-refractivity contribution in [3.8, 4) is 6.07 Å². The molecule has 0 fully saturated rings. The molecule has 0 bridgehead atoms. The maximum Gasteiger partial charge on any atom is 0.221 e. The van der Waals surface area contributed by atoms with E-state index in [-0.39, 0.29) is 5.91 Å². The van der Waals surface area contributed by atoms with E-state index in [1.165, 1.54) is 6.92 Å². The number of nitrogens with zero attached hydrogens (tertiary/aromatic N) is 1. The molecule has 0 atom stereocenters. The number of nitriles is 1. The van der Waals surface area contributed by atoms with Crippen molar-refractivity contribution in [1.29, 1.82) is 5.26 Å². The zero-order valence-corrected chi connectivity index (χ0v) is 8.55. The first-order valence-electron chi connectivity index (χ1n) is 3.60. The van der Waals surface area contributed by atoms with Crippen molar-refractivity contribution in [2.45, 2.75) is 6.92 Å². The smallest absolute Gasteiger partial charge is 0.221 e. The van der Waals surface area contributed by atoms with Crippen LogP contribution in [-0.4, -0.2) is 5.91 Å². The van der Waals surface area contributed by atoms with Crippen LogP contribution in [0.1, 0.15) is 12.5 Å². The van der Waals surface area contributed by atoms with E-state index in [2.05, 4.69) is 21.2 Å². The average molecular weight is 239 g/mol. The molecule has 1 aromatic carbocycles. The van der Waals surface area contributed by atoms with Gasteiger partial charge < -0.3 is 5.32 Å². The Kier molecular flexibility index (Phi) is 3.04. The first kappa shape index (κ1) is 9.75. The Morgan fingerprint density at radius 1 is 1.62 bits per heavy atom. The second-order valence-corrected chi connectivity index (χ2v) is 3.40. The van der Waals surface area contributed by atoms with Crippen LogP contribution >= 0.6 is 15.9 Å². The Balaban J connectivity index is 3.10. The molecule has 0 radical (unpaired) electrons. The van der Waals surface area contributed by atoms with E-state index in [9.17, 15) is 4.79 Å². The fourth-order valence-electron chi connectivity index (χ4n) is 0.907. The van der Waals surface area contributed by atoms with Crippen LogP contribution in [0.3, 0.4) is 0 Å². The number of hydrogen-bond donors (Lipinski definition) is 1. The summed E-state index contributed by atoms with van der Waals surface area (Å²) in [4.78, 5) is 10.8. The maximum atomic E-state index is 10.8. The summed E-state index contributed by atoms with van der Waals surface area (Å²) in [6.07, 6.45) is 0. The number of carbonyl (C=O) groups excluding carboxylic acids is 1. The first-order chi connectivity index (χ1) is 6.13. The van der Waals surface area contributed by atoms with Gasteiger partial charge in [-0.25, -0.2) is 0 Å². The summed E-state index contributed by atoms with van der Waals surface area (Å²) in [5, 5.41) is 11.3. The van der Waals surface area contributed by atoms with E-state index < -0.39 is 0 Å². The van der Waals surface area contributed by atoms with Crippen LogP contribution < -0.4 is 5.32 Å². The molecule has 1 rings (SSSR count). The molecule has 1 N–H and O–H groups in total. The lowest BCUT2D eigenvalue weighted by Gasteiger charge is -2.04. The minimum absolute atomic E-state index is 0.186. The second kappa shape index (κ2) is 4.06. The highest BCUT2D eigenvalue weighted by molar-refractivity contribution is 9.10. The Hall–Kier alpha value is -1.34. The maximum absolute atomic E-state index is 10.8. The molecule has 4 heteroatoms. The van der Waals surface area contributed by atoms with Crippen molar-refractivity contribution in [2.75, 3.05) is 5.32 Å². The van der Waals surface area contributed by atoms with Crippen LogP contribution in [0.4, 0.5) is 5.69 Å². The Morgan fingerprint density at radius 2 is 2.31 bits per heavy atom. The van der Waals surface area contributed by atoms with E-state index in [0.717, 1.165) is 4.47 Å². The number of carbonyl (C=O) groups is 1. The van der Waals surface area contributed by atoms with E-state index in [1.54, 1.807) is 18.2 Å². The number of halogens is 1. The van der Waals surface area contributed by atoms with E-state index in [4.69, 9.17) is 5.26 Å². The van der Waals surface area contributed by atoms with Gasteiger partial charge in [-0.15, -0.1) is 0 Å². The standard InChI is InChI=1S/C9H7BrN2O/c1-6(13)12-9-4-8(10)3-2-7(9)5-11/h2-4H,1H3,(H,12,13). The van der Waals surface area contributed by atoms with Crippen molar-refractivity contribution in [2.24, 2.45) is 0 Å². The number of hydrogen-bond acceptors (Lipinski definition) is 2. The predicted molar refractivity (Wildman–Crippen MR) is 53.2 cm³/mol. The topological polar surface area (TPSA) is 52.9 Å². The summed E-state index contributed by atoms with van der Waals surface area (Å²) in [6.45, 7) is 1.40. The molecular weight excluding hydrogens is 232 g/mol. The summed E-state index contributed by atoms with van der Waals surface area (Å²) < 4.78 is 0.829. The molecule has 1 aromatic rings. The number of benzene rings is 1. The van der Waals surface area contributed by atoms with Crippen molar-refractivity contribution >= 4 is 27.5 Å². The SMILES string of the molecule is CC(=O)Nc1cc(Br)ccc1C#N. The summed E-state index contributed by atoms with van der Waals surface area (Å²) in [5.74, 6) is -0.186. The number of anilines is 1. The quantitative estimate of drug-likeness (QED) is 0.817. The van der Waals surface area contributed by atoms with Gasteiger partial charge in [0.15, 0.2) is 0 Å². The number of amides is 1. The van der Waals surface area contributed by atoms with Gasteiger partial charge in [-0.05, 0) is 18.2 Å².